The highest BCUT2D eigenvalue weighted by atomic mass is 79.9. The van der Waals surface area contributed by atoms with Gasteiger partial charge in [0.15, 0.2) is 0 Å². The second-order valence-corrected chi connectivity index (χ2v) is 7.30. The van der Waals surface area contributed by atoms with Gasteiger partial charge in [-0.25, -0.2) is 0 Å². The molecule has 1 aliphatic carbocycles. The number of hydrogen-bond donors (Lipinski definition) is 1. The quantitative estimate of drug-likeness (QED) is 0.872. The van der Waals surface area contributed by atoms with E-state index in [4.69, 9.17) is 5.11 Å². The molecule has 1 saturated carbocycles. The van der Waals surface area contributed by atoms with E-state index in [2.05, 4.69) is 15.9 Å². The van der Waals surface area contributed by atoms with Crippen LogP contribution in [-0.2, 0) is 21.3 Å². The van der Waals surface area contributed by atoms with E-state index in [1.165, 1.54) is 0 Å². The van der Waals surface area contributed by atoms with E-state index >= 15 is 0 Å². The summed E-state index contributed by atoms with van der Waals surface area (Å²) in [5.74, 6) is 0.221. The van der Waals surface area contributed by atoms with Crippen molar-refractivity contribution in [3.8, 4) is 0 Å². The molecule has 5 heteroatoms. The largest absolute Gasteiger partial charge is 0.481 e. The monoisotopic (exact) mass is 330 g/mol. The minimum absolute atomic E-state index is 0.150. The fourth-order valence-electron chi connectivity index (χ4n) is 2.07. The van der Waals surface area contributed by atoms with Crippen LogP contribution < -0.4 is 0 Å². The number of hydrogen-bond acceptors (Lipinski definition) is 2. The van der Waals surface area contributed by atoms with Crippen LogP contribution in [0.4, 0.5) is 0 Å². The van der Waals surface area contributed by atoms with Crippen LogP contribution >= 0.6 is 15.9 Å². The Balaban J connectivity index is 1.91. The second kappa shape index (κ2) is 5.53. The van der Waals surface area contributed by atoms with Gasteiger partial charge in [-0.15, -0.1) is 0 Å². The Kier molecular flexibility index (Phi) is 4.22. The average Bonchev–Trinajstić information content (AvgIpc) is 2.95. The molecule has 3 nitrogen and oxygen atoms in total. The van der Waals surface area contributed by atoms with Gasteiger partial charge < -0.3 is 5.11 Å². The van der Waals surface area contributed by atoms with Crippen molar-refractivity contribution in [1.29, 1.82) is 0 Å². The van der Waals surface area contributed by atoms with Gasteiger partial charge in [-0.1, -0.05) is 28.1 Å². The summed E-state index contributed by atoms with van der Waals surface area (Å²) in [7, 11) is -0.987. The SMILES string of the molecule is O=C(O)CC1(CS(=O)Cc2cccc(Br)c2)CC1. The van der Waals surface area contributed by atoms with Crippen molar-refractivity contribution in [3.05, 3.63) is 34.3 Å². The van der Waals surface area contributed by atoms with Crippen LogP contribution in [-0.4, -0.2) is 21.0 Å². The Morgan fingerprint density at radius 3 is 2.72 bits per heavy atom. The first-order valence-corrected chi connectivity index (χ1v) is 8.08. The van der Waals surface area contributed by atoms with Crippen LogP contribution in [0.25, 0.3) is 0 Å². The summed E-state index contributed by atoms with van der Waals surface area (Å²) in [5.41, 5.74) is 0.830. The third kappa shape index (κ3) is 3.92. The van der Waals surface area contributed by atoms with Crippen molar-refractivity contribution in [2.75, 3.05) is 5.75 Å². The Bertz CT molecular complexity index is 483. The molecule has 0 amide bonds. The highest BCUT2D eigenvalue weighted by Crippen LogP contribution is 2.49. The molecule has 1 aliphatic rings. The maximum Gasteiger partial charge on any atom is 0.303 e. The molecular weight excluding hydrogens is 316 g/mol. The summed E-state index contributed by atoms with van der Waals surface area (Å²) in [4.78, 5) is 10.7. The molecular formula is C13H15BrO3S. The van der Waals surface area contributed by atoms with E-state index in [-0.39, 0.29) is 11.8 Å². The molecule has 1 N–H and O–H groups in total. The van der Waals surface area contributed by atoms with Crippen LogP contribution in [0.1, 0.15) is 24.8 Å². The molecule has 18 heavy (non-hydrogen) atoms. The van der Waals surface area contributed by atoms with Gasteiger partial charge in [-0.2, -0.15) is 0 Å². The summed E-state index contributed by atoms with van der Waals surface area (Å²) in [6, 6.07) is 7.74. The van der Waals surface area contributed by atoms with Gasteiger partial charge in [0.1, 0.15) is 0 Å². The zero-order valence-electron chi connectivity index (χ0n) is 9.89. The molecule has 0 aliphatic heterocycles. The lowest BCUT2D eigenvalue weighted by Crippen LogP contribution is -2.17. The lowest BCUT2D eigenvalue weighted by molar-refractivity contribution is -0.138. The highest BCUT2D eigenvalue weighted by molar-refractivity contribution is 9.10. The zero-order chi connectivity index (χ0) is 13.2. The van der Waals surface area contributed by atoms with Crippen molar-refractivity contribution >= 4 is 32.7 Å². The molecule has 1 atom stereocenters. The number of rotatable bonds is 6. The molecule has 0 saturated heterocycles. The van der Waals surface area contributed by atoms with E-state index < -0.39 is 16.8 Å². The third-order valence-electron chi connectivity index (χ3n) is 3.17. The van der Waals surface area contributed by atoms with Gasteiger partial charge >= 0.3 is 5.97 Å². The Hall–Kier alpha value is -0.680. The van der Waals surface area contributed by atoms with Gasteiger partial charge in [0.25, 0.3) is 0 Å². The van der Waals surface area contributed by atoms with Crippen molar-refractivity contribution in [1.82, 2.24) is 0 Å². The third-order valence-corrected chi connectivity index (χ3v) is 5.25. The first-order valence-electron chi connectivity index (χ1n) is 5.80. The topological polar surface area (TPSA) is 54.4 Å². The fourth-order valence-corrected chi connectivity index (χ4v) is 4.25. The second-order valence-electron chi connectivity index (χ2n) is 4.93. The van der Waals surface area contributed by atoms with Crippen LogP contribution in [0.15, 0.2) is 28.7 Å². The molecule has 98 valence electrons. The smallest absolute Gasteiger partial charge is 0.303 e. The Morgan fingerprint density at radius 1 is 1.44 bits per heavy atom. The van der Waals surface area contributed by atoms with E-state index in [0.29, 0.717) is 11.5 Å². The predicted octanol–water partition coefficient (Wildman–Crippen LogP) is 2.95. The minimum Gasteiger partial charge on any atom is -0.481 e. The maximum absolute atomic E-state index is 12.1. The molecule has 0 heterocycles. The molecule has 1 aromatic rings. The normalized spacial score (nSPS) is 18.3. The van der Waals surface area contributed by atoms with E-state index in [1.807, 2.05) is 24.3 Å². The zero-order valence-corrected chi connectivity index (χ0v) is 12.3. The van der Waals surface area contributed by atoms with Crippen LogP contribution in [0, 0.1) is 5.41 Å². The standard InChI is InChI=1S/C13H15BrO3S/c14-11-3-1-2-10(6-11)8-18(17)9-13(4-5-13)7-12(15)16/h1-3,6H,4-5,7-9H2,(H,15,16). The average molecular weight is 331 g/mol. The number of carboxylic acid groups (broad SMARTS) is 1. The first-order chi connectivity index (χ1) is 8.49. The van der Waals surface area contributed by atoms with Crippen molar-refractivity contribution in [2.45, 2.75) is 25.0 Å². The lowest BCUT2D eigenvalue weighted by atomic mass is 10.1. The van der Waals surface area contributed by atoms with Gasteiger partial charge in [-0.05, 0) is 36.0 Å². The van der Waals surface area contributed by atoms with Gasteiger partial charge in [0.05, 0.1) is 6.42 Å². The molecule has 1 unspecified atom stereocenters. The lowest BCUT2D eigenvalue weighted by Gasteiger charge is -2.11. The summed E-state index contributed by atoms with van der Waals surface area (Å²) in [6.45, 7) is 0. The fraction of sp³-hybridized carbons (Fsp3) is 0.462. The van der Waals surface area contributed by atoms with Crippen LogP contribution in [0.5, 0.6) is 0 Å². The molecule has 1 aromatic carbocycles. The van der Waals surface area contributed by atoms with Crippen LogP contribution in [0.3, 0.4) is 0 Å². The summed E-state index contributed by atoms with van der Waals surface area (Å²) >= 11 is 3.38. The minimum atomic E-state index is -0.987. The van der Waals surface area contributed by atoms with Crippen molar-refractivity contribution < 1.29 is 14.1 Å². The van der Waals surface area contributed by atoms with Crippen LogP contribution in [0.2, 0.25) is 0 Å². The first kappa shape index (κ1) is 13.7. The number of carboxylic acids is 1. The molecule has 0 aromatic heterocycles. The van der Waals surface area contributed by atoms with Crippen molar-refractivity contribution in [3.63, 3.8) is 0 Å². The number of benzene rings is 1. The Labute approximate surface area is 117 Å². The summed E-state index contributed by atoms with van der Waals surface area (Å²) in [6.07, 6.45) is 1.93. The molecule has 0 bridgehead atoms. The number of halogens is 1. The van der Waals surface area contributed by atoms with E-state index in [1.54, 1.807) is 0 Å². The van der Waals surface area contributed by atoms with Crippen molar-refractivity contribution in [2.24, 2.45) is 5.41 Å². The molecule has 0 spiro atoms. The van der Waals surface area contributed by atoms with Gasteiger partial charge in [0.2, 0.25) is 0 Å². The van der Waals surface area contributed by atoms with E-state index in [9.17, 15) is 9.00 Å². The predicted molar refractivity (Wildman–Crippen MR) is 74.8 cm³/mol. The summed E-state index contributed by atoms with van der Waals surface area (Å²) in [5, 5.41) is 8.82. The van der Waals surface area contributed by atoms with E-state index in [0.717, 1.165) is 22.9 Å². The maximum atomic E-state index is 12.1. The summed E-state index contributed by atoms with van der Waals surface area (Å²) < 4.78 is 13.0. The highest BCUT2D eigenvalue weighted by Gasteiger charge is 2.45. The number of aliphatic carboxylic acids is 1. The molecule has 1 fully saturated rings. The van der Waals surface area contributed by atoms with Gasteiger partial charge in [0, 0.05) is 26.8 Å². The molecule has 2 rings (SSSR count). The molecule has 0 radical (unpaired) electrons. The Morgan fingerprint density at radius 2 is 2.17 bits per heavy atom. The number of carbonyl (C=O) groups is 1. The van der Waals surface area contributed by atoms with Gasteiger partial charge in [-0.3, -0.25) is 9.00 Å².